The van der Waals surface area contributed by atoms with Crippen molar-refractivity contribution in [3.63, 3.8) is 0 Å². The first kappa shape index (κ1) is 14.3. The minimum absolute atomic E-state index is 0.00214. The molecule has 0 saturated carbocycles. The van der Waals surface area contributed by atoms with Gasteiger partial charge < -0.3 is 0 Å². The Balaban J connectivity index is 2.11. The molecule has 2 aromatic heterocycles. The van der Waals surface area contributed by atoms with Crippen molar-refractivity contribution in [3.8, 4) is 0 Å². The van der Waals surface area contributed by atoms with Gasteiger partial charge in [0.15, 0.2) is 5.78 Å². The normalized spacial score (nSPS) is 11.6. The number of halogens is 1. The topological polar surface area (TPSA) is 42.9 Å². The Bertz CT molecular complexity index is 584. The number of nitrogens with zero attached hydrogens (tertiary/aromatic N) is 2. The van der Waals surface area contributed by atoms with Crippen molar-refractivity contribution in [2.24, 2.45) is 0 Å². The molecular formula is C14H15BrN2OS. The van der Waals surface area contributed by atoms with Gasteiger partial charge in [-0.3, -0.25) is 9.78 Å². The molecule has 0 radical (unpaired) electrons. The first-order valence-corrected chi connectivity index (χ1v) is 7.63. The molecule has 2 heterocycles. The molecule has 2 rings (SSSR count). The molecule has 0 bridgehead atoms. The van der Waals surface area contributed by atoms with Gasteiger partial charge >= 0.3 is 0 Å². The number of aromatic nitrogens is 2. The van der Waals surface area contributed by atoms with E-state index in [0.717, 1.165) is 15.2 Å². The largest absolute Gasteiger partial charge is 0.292 e. The summed E-state index contributed by atoms with van der Waals surface area (Å²) < 4.78 is 0.869. The molecule has 0 saturated heterocycles. The second-order valence-electron chi connectivity index (χ2n) is 5.34. The Morgan fingerprint density at radius 1 is 1.37 bits per heavy atom. The third kappa shape index (κ3) is 3.70. The summed E-state index contributed by atoms with van der Waals surface area (Å²) in [5.74, 6) is 0.00214. The highest BCUT2D eigenvalue weighted by molar-refractivity contribution is 9.10. The maximum Gasteiger partial charge on any atom is 0.187 e. The lowest BCUT2D eigenvalue weighted by molar-refractivity contribution is 0.0988. The van der Waals surface area contributed by atoms with Crippen molar-refractivity contribution in [1.29, 1.82) is 0 Å². The van der Waals surface area contributed by atoms with E-state index in [0.29, 0.717) is 12.1 Å². The molecule has 0 aliphatic carbocycles. The van der Waals surface area contributed by atoms with Crippen LogP contribution in [0.15, 0.2) is 28.2 Å². The van der Waals surface area contributed by atoms with E-state index >= 15 is 0 Å². The van der Waals surface area contributed by atoms with E-state index < -0.39 is 0 Å². The highest BCUT2D eigenvalue weighted by Crippen LogP contribution is 2.24. The van der Waals surface area contributed by atoms with E-state index in [9.17, 15) is 4.79 Å². The van der Waals surface area contributed by atoms with Crippen molar-refractivity contribution < 1.29 is 4.79 Å². The monoisotopic (exact) mass is 338 g/mol. The van der Waals surface area contributed by atoms with E-state index in [1.807, 2.05) is 11.4 Å². The number of ketones is 1. The van der Waals surface area contributed by atoms with E-state index in [1.54, 1.807) is 12.3 Å². The van der Waals surface area contributed by atoms with E-state index in [2.05, 4.69) is 46.7 Å². The van der Waals surface area contributed by atoms with Crippen LogP contribution in [0.1, 0.15) is 42.0 Å². The Morgan fingerprint density at radius 3 is 2.63 bits per heavy atom. The average Bonchev–Trinajstić information content (AvgIpc) is 2.78. The van der Waals surface area contributed by atoms with Crippen LogP contribution in [0, 0.1) is 0 Å². The summed E-state index contributed by atoms with van der Waals surface area (Å²) in [7, 11) is 0. The quantitative estimate of drug-likeness (QED) is 0.793. The van der Waals surface area contributed by atoms with Gasteiger partial charge in [-0.15, -0.1) is 11.3 Å². The second kappa shape index (κ2) is 5.51. The van der Waals surface area contributed by atoms with Crippen LogP contribution in [0.25, 0.3) is 0 Å². The predicted molar refractivity (Wildman–Crippen MR) is 80.8 cm³/mol. The number of rotatable bonds is 3. The third-order valence-electron chi connectivity index (χ3n) is 2.65. The molecule has 5 heteroatoms. The van der Waals surface area contributed by atoms with Gasteiger partial charge in [-0.25, -0.2) is 4.98 Å². The number of thiazole rings is 1. The van der Waals surface area contributed by atoms with Crippen LogP contribution in [-0.2, 0) is 11.8 Å². The summed E-state index contributed by atoms with van der Waals surface area (Å²) in [4.78, 5) is 20.7. The lowest BCUT2D eigenvalue weighted by Gasteiger charge is -2.14. The maximum atomic E-state index is 12.1. The number of Topliss-reactive ketones (excluding diaryl/α,β-unsaturated/α-hetero) is 1. The van der Waals surface area contributed by atoms with Gasteiger partial charge in [-0.05, 0) is 28.1 Å². The highest BCUT2D eigenvalue weighted by atomic mass is 79.9. The molecule has 0 aromatic carbocycles. The van der Waals surface area contributed by atoms with Crippen LogP contribution in [0.3, 0.4) is 0 Å². The van der Waals surface area contributed by atoms with Crippen molar-refractivity contribution in [3.05, 3.63) is 44.6 Å². The molecule has 19 heavy (non-hydrogen) atoms. The van der Waals surface area contributed by atoms with E-state index in [4.69, 9.17) is 0 Å². The third-order valence-corrected chi connectivity index (χ3v) is 3.96. The lowest BCUT2D eigenvalue weighted by atomic mass is 9.93. The smallest absolute Gasteiger partial charge is 0.187 e. The molecule has 3 nitrogen and oxygen atoms in total. The Hall–Kier alpha value is -1.07. The zero-order chi connectivity index (χ0) is 14.0. The number of carbonyl (C=O) groups is 1. The molecule has 100 valence electrons. The summed E-state index contributed by atoms with van der Waals surface area (Å²) in [6.07, 6.45) is 1.95. The summed E-state index contributed by atoms with van der Waals surface area (Å²) in [6.45, 7) is 6.35. The van der Waals surface area contributed by atoms with Gasteiger partial charge in [0, 0.05) is 21.5 Å². The zero-order valence-electron chi connectivity index (χ0n) is 11.1. The minimum atomic E-state index is 0.00214. The molecule has 0 N–H and O–H groups in total. The average molecular weight is 339 g/mol. The Kier molecular flexibility index (Phi) is 4.16. The Labute approximate surface area is 125 Å². The van der Waals surface area contributed by atoms with Gasteiger partial charge in [0.25, 0.3) is 0 Å². The molecule has 2 aromatic rings. The first-order chi connectivity index (χ1) is 8.86. The summed E-state index contributed by atoms with van der Waals surface area (Å²) in [6, 6.07) is 3.55. The predicted octanol–water partition coefficient (Wildman–Crippen LogP) is 4.02. The molecule has 0 atom stereocenters. The zero-order valence-corrected chi connectivity index (χ0v) is 13.5. The van der Waals surface area contributed by atoms with Crippen molar-refractivity contribution >= 4 is 33.0 Å². The van der Waals surface area contributed by atoms with Crippen molar-refractivity contribution in [2.45, 2.75) is 32.6 Å². The maximum absolute atomic E-state index is 12.1. The number of pyridine rings is 1. The van der Waals surface area contributed by atoms with Crippen molar-refractivity contribution in [1.82, 2.24) is 9.97 Å². The van der Waals surface area contributed by atoms with Crippen LogP contribution < -0.4 is 0 Å². The second-order valence-corrected chi connectivity index (χ2v) is 7.20. The van der Waals surface area contributed by atoms with Crippen LogP contribution >= 0.6 is 27.3 Å². The standard InChI is InChI=1S/C14H15BrN2OS/c1-14(2,3)12-8-19-13(17-12)6-11(18)10-5-4-9(15)7-16-10/h4-5,7-8H,6H2,1-3H3. The SMILES string of the molecule is CC(C)(C)c1csc(CC(=O)c2ccc(Br)cn2)n1. The van der Waals surface area contributed by atoms with Crippen LogP contribution in [-0.4, -0.2) is 15.8 Å². The van der Waals surface area contributed by atoms with Gasteiger partial charge in [0.05, 0.1) is 12.1 Å². The summed E-state index contributed by atoms with van der Waals surface area (Å²) in [5, 5.41) is 2.87. The Morgan fingerprint density at radius 2 is 2.11 bits per heavy atom. The van der Waals surface area contributed by atoms with Gasteiger partial charge in [0.1, 0.15) is 10.7 Å². The molecule has 0 aliphatic rings. The van der Waals surface area contributed by atoms with Gasteiger partial charge in [-0.2, -0.15) is 0 Å². The molecule has 0 fully saturated rings. The van der Waals surface area contributed by atoms with Crippen molar-refractivity contribution in [2.75, 3.05) is 0 Å². The molecule has 0 spiro atoms. The number of carbonyl (C=O) groups excluding carboxylic acids is 1. The molecule has 0 unspecified atom stereocenters. The summed E-state index contributed by atoms with van der Waals surface area (Å²) >= 11 is 4.84. The highest BCUT2D eigenvalue weighted by Gasteiger charge is 2.18. The van der Waals surface area contributed by atoms with Crippen LogP contribution in [0.4, 0.5) is 0 Å². The fourth-order valence-corrected chi connectivity index (χ4v) is 2.76. The van der Waals surface area contributed by atoms with Gasteiger partial charge in [-0.1, -0.05) is 20.8 Å². The minimum Gasteiger partial charge on any atom is -0.292 e. The number of hydrogen-bond acceptors (Lipinski definition) is 4. The van der Waals surface area contributed by atoms with Crippen LogP contribution in [0.2, 0.25) is 0 Å². The fraction of sp³-hybridized carbons (Fsp3) is 0.357. The molecule has 0 aliphatic heterocycles. The van der Waals surface area contributed by atoms with E-state index in [-0.39, 0.29) is 11.2 Å². The molecule has 0 amide bonds. The summed E-state index contributed by atoms with van der Waals surface area (Å²) in [5.41, 5.74) is 1.54. The first-order valence-electron chi connectivity index (χ1n) is 5.96. The van der Waals surface area contributed by atoms with E-state index in [1.165, 1.54) is 11.3 Å². The lowest BCUT2D eigenvalue weighted by Crippen LogP contribution is -2.12. The molecular weight excluding hydrogens is 324 g/mol. The van der Waals surface area contributed by atoms with Gasteiger partial charge in [0.2, 0.25) is 0 Å². The number of hydrogen-bond donors (Lipinski definition) is 0. The fourth-order valence-electron chi connectivity index (χ4n) is 1.51. The van der Waals surface area contributed by atoms with Crippen LogP contribution in [0.5, 0.6) is 0 Å².